The van der Waals surface area contributed by atoms with Crippen LogP contribution < -0.4 is 0 Å². The number of ether oxygens (including phenoxy) is 2. The van der Waals surface area contributed by atoms with Gasteiger partial charge in [-0.3, -0.25) is 4.79 Å². The monoisotopic (exact) mass is 256 g/mol. The highest BCUT2D eigenvalue weighted by Gasteiger charge is 2.74. The van der Waals surface area contributed by atoms with Crippen molar-refractivity contribution in [2.45, 2.75) is 56.1 Å². The van der Waals surface area contributed by atoms with Gasteiger partial charge in [-0.05, 0) is 26.8 Å². The molecule has 100 valence electrons. The molecule has 6 nitrogen and oxygen atoms in total. The van der Waals surface area contributed by atoms with Crippen molar-refractivity contribution < 1.29 is 29.6 Å². The van der Waals surface area contributed by atoms with E-state index in [4.69, 9.17) is 9.47 Å². The van der Waals surface area contributed by atoms with Gasteiger partial charge in [-0.25, -0.2) is 0 Å². The van der Waals surface area contributed by atoms with Crippen LogP contribution in [0.4, 0.5) is 0 Å². The molecule has 2 saturated heterocycles. The number of fused-ring (bicyclic) bond motifs is 3. The Labute approximate surface area is 104 Å². The topological polar surface area (TPSA) is 99.5 Å². The first-order valence-electron chi connectivity index (χ1n) is 5.86. The lowest BCUT2D eigenvalue weighted by Gasteiger charge is -2.49. The maximum Gasteiger partial charge on any atom is 0.222 e. The Morgan fingerprint density at radius 1 is 1.28 bits per heavy atom. The number of hydrogen-bond donors (Lipinski definition) is 3. The second kappa shape index (κ2) is 3.02. The maximum absolute atomic E-state index is 11.8. The van der Waals surface area contributed by atoms with Crippen LogP contribution in [0.3, 0.4) is 0 Å². The minimum Gasteiger partial charge on any atom is -0.387 e. The molecular formula is C12H16O6. The van der Waals surface area contributed by atoms with Crippen molar-refractivity contribution in [2.24, 2.45) is 0 Å². The van der Waals surface area contributed by atoms with Gasteiger partial charge in [0.2, 0.25) is 5.79 Å². The van der Waals surface area contributed by atoms with Gasteiger partial charge in [-0.15, -0.1) is 0 Å². The van der Waals surface area contributed by atoms with Crippen LogP contribution in [-0.2, 0) is 14.3 Å². The Morgan fingerprint density at radius 2 is 1.89 bits per heavy atom. The van der Waals surface area contributed by atoms with E-state index >= 15 is 0 Å². The average molecular weight is 256 g/mol. The molecule has 2 fully saturated rings. The molecule has 18 heavy (non-hydrogen) atoms. The molecule has 3 N–H and O–H groups in total. The highest BCUT2D eigenvalue weighted by atomic mass is 16.7. The van der Waals surface area contributed by atoms with Crippen molar-refractivity contribution >= 4 is 5.78 Å². The molecular weight excluding hydrogens is 240 g/mol. The molecule has 0 amide bonds. The Morgan fingerprint density at radius 3 is 2.50 bits per heavy atom. The molecule has 0 saturated carbocycles. The summed E-state index contributed by atoms with van der Waals surface area (Å²) >= 11 is 0. The fourth-order valence-corrected chi connectivity index (χ4v) is 2.81. The van der Waals surface area contributed by atoms with E-state index in [1.807, 2.05) is 0 Å². The van der Waals surface area contributed by atoms with Crippen LogP contribution in [-0.4, -0.2) is 56.4 Å². The summed E-state index contributed by atoms with van der Waals surface area (Å²) in [5, 5.41) is 30.5. The molecule has 6 heteroatoms. The first-order valence-corrected chi connectivity index (χ1v) is 5.86. The van der Waals surface area contributed by atoms with Gasteiger partial charge in [0.25, 0.3) is 0 Å². The first kappa shape index (κ1) is 12.3. The van der Waals surface area contributed by atoms with Crippen LogP contribution in [0.25, 0.3) is 0 Å². The molecule has 0 spiro atoms. The van der Waals surface area contributed by atoms with Crippen LogP contribution in [0.2, 0.25) is 0 Å². The number of epoxide rings is 1. The van der Waals surface area contributed by atoms with Crippen molar-refractivity contribution in [3.63, 3.8) is 0 Å². The van der Waals surface area contributed by atoms with E-state index < -0.39 is 35.3 Å². The maximum atomic E-state index is 11.8. The van der Waals surface area contributed by atoms with E-state index in [0.717, 1.165) is 6.08 Å². The van der Waals surface area contributed by atoms with E-state index in [1.165, 1.54) is 0 Å². The summed E-state index contributed by atoms with van der Waals surface area (Å²) in [7, 11) is 0. The standard InChI is InChI=1S/C12H16O6/c1-10(2)8(15)7(14)5-4-6(13)11(3)9(17-11)12(5,16)18-10/h4,7-9,14-16H,1-3H3. The van der Waals surface area contributed by atoms with E-state index in [1.54, 1.807) is 20.8 Å². The van der Waals surface area contributed by atoms with Crippen LogP contribution in [0.1, 0.15) is 20.8 Å². The highest BCUT2D eigenvalue weighted by molar-refractivity contribution is 6.02. The summed E-state index contributed by atoms with van der Waals surface area (Å²) < 4.78 is 10.8. The van der Waals surface area contributed by atoms with Gasteiger partial charge < -0.3 is 24.8 Å². The minimum absolute atomic E-state index is 0.0284. The molecule has 0 radical (unpaired) electrons. The Hall–Kier alpha value is -0.790. The van der Waals surface area contributed by atoms with E-state index in [2.05, 4.69) is 0 Å². The van der Waals surface area contributed by atoms with Gasteiger partial charge >= 0.3 is 0 Å². The quantitative estimate of drug-likeness (QED) is 0.474. The summed E-state index contributed by atoms with van der Waals surface area (Å²) in [6.45, 7) is 4.69. The van der Waals surface area contributed by atoms with Gasteiger partial charge in [0, 0.05) is 5.57 Å². The lowest BCUT2D eigenvalue weighted by molar-refractivity contribution is -0.304. The van der Waals surface area contributed by atoms with Crippen molar-refractivity contribution in [1.82, 2.24) is 0 Å². The molecule has 2 aliphatic heterocycles. The number of hydrogen-bond acceptors (Lipinski definition) is 6. The highest BCUT2D eigenvalue weighted by Crippen LogP contribution is 2.55. The van der Waals surface area contributed by atoms with Crippen molar-refractivity contribution in [3.8, 4) is 0 Å². The van der Waals surface area contributed by atoms with Gasteiger partial charge in [-0.1, -0.05) is 0 Å². The second-order valence-electron chi connectivity index (χ2n) is 5.86. The molecule has 0 aromatic rings. The summed E-state index contributed by atoms with van der Waals surface area (Å²) in [6, 6.07) is 0. The number of rotatable bonds is 0. The first-order chi connectivity index (χ1) is 8.13. The van der Waals surface area contributed by atoms with Gasteiger partial charge in [0.05, 0.1) is 5.60 Å². The molecule has 0 aromatic heterocycles. The number of ketones is 1. The molecule has 3 rings (SSSR count). The zero-order valence-corrected chi connectivity index (χ0v) is 10.4. The normalized spacial score (nSPS) is 53.3. The molecule has 0 aromatic carbocycles. The molecule has 0 bridgehead atoms. The SMILES string of the molecule is CC1(C)OC2(O)C(=CC(=O)C3(C)OC32)C(O)C1O. The predicted molar refractivity (Wildman–Crippen MR) is 58.5 cm³/mol. The fourth-order valence-electron chi connectivity index (χ4n) is 2.81. The molecule has 2 heterocycles. The summed E-state index contributed by atoms with van der Waals surface area (Å²) in [5.41, 5.74) is -2.26. The number of carbonyl (C=O) groups is 1. The lowest BCUT2D eigenvalue weighted by Crippen LogP contribution is -2.65. The predicted octanol–water partition coefficient (Wildman–Crippen LogP) is -1.13. The summed E-state index contributed by atoms with van der Waals surface area (Å²) in [4.78, 5) is 11.8. The molecule has 5 atom stereocenters. The van der Waals surface area contributed by atoms with Crippen molar-refractivity contribution in [1.29, 1.82) is 0 Å². The average Bonchev–Trinajstić information content (AvgIpc) is 2.95. The number of aliphatic hydroxyl groups is 3. The third kappa shape index (κ3) is 1.22. The van der Waals surface area contributed by atoms with Crippen molar-refractivity contribution in [2.75, 3.05) is 0 Å². The molecule has 5 unspecified atom stereocenters. The lowest BCUT2D eigenvalue weighted by atomic mass is 9.76. The van der Waals surface area contributed by atoms with Gasteiger partial charge in [0.15, 0.2) is 17.5 Å². The number of aliphatic hydroxyl groups excluding tert-OH is 2. The van der Waals surface area contributed by atoms with Crippen LogP contribution in [0, 0.1) is 0 Å². The number of carbonyl (C=O) groups excluding carboxylic acids is 1. The second-order valence-corrected chi connectivity index (χ2v) is 5.86. The van der Waals surface area contributed by atoms with Crippen LogP contribution in [0.5, 0.6) is 0 Å². The fraction of sp³-hybridized carbons (Fsp3) is 0.750. The molecule has 1 aliphatic carbocycles. The minimum atomic E-state index is -1.86. The van der Waals surface area contributed by atoms with Crippen LogP contribution >= 0.6 is 0 Å². The molecule has 3 aliphatic rings. The summed E-state index contributed by atoms with van der Waals surface area (Å²) in [6.07, 6.45) is -2.29. The Bertz CT molecular complexity index is 469. The van der Waals surface area contributed by atoms with E-state index in [9.17, 15) is 20.1 Å². The van der Waals surface area contributed by atoms with E-state index in [-0.39, 0.29) is 11.4 Å². The zero-order valence-electron chi connectivity index (χ0n) is 10.4. The Kier molecular flexibility index (Phi) is 2.06. The zero-order chi connectivity index (χ0) is 13.5. The van der Waals surface area contributed by atoms with E-state index in [0.29, 0.717) is 0 Å². The van der Waals surface area contributed by atoms with Gasteiger partial charge in [0.1, 0.15) is 12.2 Å². The van der Waals surface area contributed by atoms with Crippen LogP contribution in [0.15, 0.2) is 11.6 Å². The smallest absolute Gasteiger partial charge is 0.222 e. The largest absolute Gasteiger partial charge is 0.387 e. The van der Waals surface area contributed by atoms with Crippen molar-refractivity contribution in [3.05, 3.63) is 11.6 Å². The third-order valence-corrected chi connectivity index (χ3v) is 4.10. The summed E-state index contributed by atoms with van der Waals surface area (Å²) in [5.74, 6) is -2.19. The third-order valence-electron chi connectivity index (χ3n) is 4.10. The Balaban J connectivity index is 2.11. The van der Waals surface area contributed by atoms with Gasteiger partial charge in [-0.2, -0.15) is 0 Å².